The SMILES string of the molecule is O=C(ON1C(=O)c2ccccc2C1=O)[C@@H]1C[C@@H]2CCCC[C@@H]21. The van der Waals surface area contributed by atoms with Crippen LogP contribution < -0.4 is 0 Å². The van der Waals surface area contributed by atoms with Gasteiger partial charge in [-0.3, -0.25) is 9.59 Å². The molecule has 0 saturated heterocycles. The summed E-state index contributed by atoms with van der Waals surface area (Å²) in [5.74, 6) is -0.695. The first-order chi connectivity index (χ1) is 10.7. The highest BCUT2D eigenvalue weighted by Crippen LogP contribution is 2.49. The predicted molar refractivity (Wildman–Crippen MR) is 76.6 cm³/mol. The molecule has 2 fully saturated rings. The number of imide groups is 1. The van der Waals surface area contributed by atoms with Crippen molar-refractivity contribution in [2.75, 3.05) is 0 Å². The molecule has 1 aliphatic heterocycles. The van der Waals surface area contributed by atoms with Crippen LogP contribution in [-0.2, 0) is 9.63 Å². The molecule has 3 atom stereocenters. The van der Waals surface area contributed by atoms with Gasteiger partial charge in [-0.05, 0) is 36.8 Å². The summed E-state index contributed by atoms with van der Waals surface area (Å²) in [6, 6.07) is 6.52. The minimum Gasteiger partial charge on any atom is -0.329 e. The fourth-order valence-electron chi connectivity index (χ4n) is 4.04. The Balaban J connectivity index is 1.47. The van der Waals surface area contributed by atoms with Crippen molar-refractivity contribution < 1.29 is 19.2 Å². The van der Waals surface area contributed by atoms with Crippen molar-refractivity contribution in [3.8, 4) is 0 Å². The third kappa shape index (κ3) is 1.88. The van der Waals surface area contributed by atoms with E-state index in [9.17, 15) is 14.4 Å². The molecule has 2 amide bonds. The van der Waals surface area contributed by atoms with E-state index in [-0.39, 0.29) is 5.92 Å². The van der Waals surface area contributed by atoms with Crippen LogP contribution in [0.4, 0.5) is 0 Å². The summed E-state index contributed by atoms with van der Waals surface area (Å²) < 4.78 is 0. The Morgan fingerprint density at radius 2 is 1.68 bits per heavy atom. The minimum absolute atomic E-state index is 0.158. The van der Waals surface area contributed by atoms with Crippen molar-refractivity contribution >= 4 is 17.8 Å². The van der Waals surface area contributed by atoms with Crippen LogP contribution in [0.2, 0.25) is 0 Å². The van der Waals surface area contributed by atoms with Crippen LogP contribution in [0.15, 0.2) is 24.3 Å². The Morgan fingerprint density at radius 3 is 2.32 bits per heavy atom. The molecule has 4 rings (SSSR count). The molecule has 5 nitrogen and oxygen atoms in total. The molecule has 0 aromatic heterocycles. The lowest BCUT2D eigenvalue weighted by molar-refractivity contribution is -0.184. The van der Waals surface area contributed by atoms with Crippen LogP contribution in [0.3, 0.4) is 0 Å². The zero-order valence-corrected chi connectivity index (χ0v) is 12.2. The number of amides is 2. The van der Waals surface area contributed by atoms with E-state index in [1.165, 1.54) is 12.8 Å². The van der Waals surface area contributed by atoms with Gasteiger partial charge in [0.2, 0.25) is 0 Å². The zero-order valence-electron chi connectivity index (χ0n) is 12.2. The normalized spacial score (nSPS) is 29.6. The highest BCUT2D eigenvalue weighted by Gasteiger charge is 2.48. The van der Waals surface area contributed by atoms with Gasteiger partial charge < -0.3 is 4.84 Å². The molecule has 0 unspecified atom stereocenters. The number of rotatable bonds is 2. The van der Waals surface area contributed by atoms with Gasteiger partial charge in [0.05, 0.1) is 17.0 Å². The van der Waals surface area contributed by atoms with E-state index in [0.29, 0.717) is 28.0 Å². The lowest BCUT2D eigenvalue weighted by Crippen LogP contribution is -2.46. The maximum atomic E-state index is 12.3. The highest BCUT2D eigenvalue weighted by molar-refractivity contribution is 6.20. The maximum absolute atomic E-state index is 12.3. The van der Waals surface area contributed by atoms with E-state index < -0.39 is 17.8 Å². The second kappa shape index (κ2) is 4.93. The van der Waals surface area contributed by atoms with Crippen molar-refractivity contribution in [3.05, 3.63) is 35.4 Å². The number of hydroxylamine groups is 2. The summed E-state index contributed by atoms with van der Waals surface area (Å²) in [5, 5.41) is 0.628. The largest absolute Gasteiger partial charge is 0.336 e. The minimum atomic E-state index is -0.548. The summed E-state index contributed by atoms with van der Waals surface area (Å²) >= 11 is 0. The fourth-order valence-corrected chi connectivity index (χ4v) is 4.04. The van der Waals surface area contributed by atoms with Crippen molar-refractivity contribution in [2.45, 2.75) is 32.1 Å². The first-order valence-electron chi connectivity index (χ1n) is 7.86. The number of nitrogens with zero attached hydrogens (tertiary/aromatic N) is 1. The van der Waals surface area contributed by atoms with Crippen LogP contribution in [0, 0.1) is 17.8 Å². The summed E-state index contributed by atoms with van der Waals surface area (Å²) in [6.07, 6.45) is 5.44. The van der Waals surface area contributed by atoms with Crippen molar-refractivity contribution in [3.63, 3.8) is 0 Å². The van der Waals surface area contributed by atoms with Gasteiger partial charge in [0, 0.05) is 0 Å². The van der Waals surface area contributed by atoms with Gasteiger partial charge in [-0.1, -0.05) is 36.5 Å². The van der Waals surface area contributed by atoms with E-state index in [0.717, 1.165) is 19.3 Å². The molecule has 1 heterocycles. The summed E-state index contributed by atoms with van der Waals surface area (Å²) in [5.41, 5.74) is 0.592. The molecular weight excluding hydrogens is 282 g/mol. The van der Waals surface area contributed by atoms with E-state index in [1.54, 1.807) is 24.3 Å². The van der Waals surface area contributed by atoms with Crippen LogP contribution >= 0.6 is 0 Å². The molecule has 1 aromatic rings. The molecular formula is C17H17NO4. The molecule has 0 spiro atoms. The number of carbonyl (C=O) groups is 3. The maximum Gasteiger partial charge on any atom is 0.336 e. The van der Waals surface area contributed by atoms with Crippen molar-refractivity contribution in [1.29, 1.82) is 0 Å². The second-order valence-electron chi connectivity index (χ2n) is 6.41. The van der Waals surface area contributed by atoms with Gasteiger partial charge in [0.15, 0.2) is 0 Å². The monoisotopic (exact) mass is 299 g/mol. The quantitative estimate of drug-likeness (QED) is 0.787. The van der Waals surface area contributed by atoms with Crippen LogP contribution in [-0.4, -0.2) is 22.8 Å². The van der Waals surface area contributed by atoms with Gasteiger partial charge in [0.1, 0.15) is 0 Å². The van der Waals surface area contributed by atoms with Crippen LogP contribution in [0.5, 0.6) is 0 Å². The molecule has 0 radical (unpaired) electrons. The third-order valence-corrected chi connectivity index (χ3v) is 5.28. The second-order valence-corrected chi connectivity index (χ2v) is 6.41. The van der Waals surface area contributed by atoms with E-state index in [2.05, 4.69) is 0 Å². The molecule has 2 aliphatic carbocycles. The first kappa shape index (κ1) is 13.5. The molecule has 2 saturated carbocycles. The van der Waals surface area contributed by atoms with Crippen LogP contribution in [0.1, 0.15) is 52.8 Å². The van der Waals surface area contributed by atoms with Crippen molar-refractivity contribution in [2.24, 2.45) is 17.8 Å². The lowest BCUT2D eigenvalue weighted by atomic mass is 9.59. The Hall–Kier alpha value is -2.17. The van der Waals surface area contributed by atoms with Crippen molar-refractivity contribution in [1.82, 2.24) is 5.06 Å². The lowest BCUT2D eigenvalue weighted by Gasteiger charge is -2.46. The van der Waals surface area contributed by atoms with Gasteiger partial charge in [-0.2, -0.15) is 0 Å². The number of carbonyl (C=O) groups excluding carboxylic acids is 3. The van der Waals surface area contributed by atoms with E-state index in [1.807, 2.05) is 0 Å². The van der Waals surface area contributed by atoms with E-state index in [4.69, 9.17) is 4.84 Å². The summed E-state index contributed by atoms with van der Waals surface area (Å²) in [7, 11) is 0. The van der Waals surface area contributed by atoms with Gasteiger partial charge in [-0.25, -0.2) is 4.79 Å². The Morgan fingerprint density at radius 1 is 1.05 bits per heavy atom. The smallest absolute Gasteiger partial charge is 0.329 e. The number of hydrogen-bond donors (Lipinski definition) is 0. The van der Waals surface area contributed by atoms with Crippen LogP contribution in [0.25, 0.3) is 0 Å². The molecule has 22 heavy (non-hydrogen) atoms. The van der Waals surface area contributed by atoms with Gasteiger partial charge in [0.25, 0.3) is 11.8 Å². The number of fused-ring (bicyclic) bond motifs is 2. The standard InChI is InChI=1S/C17H17NO4/c19-15-12-7-3-4-8-13(12)16(20)18(15)22-17(21)14-9-10-5-1-2-6-11(10)14/h3-4,7-8,10-11,14H,1-2,5-6,9H2/t10-,11-,14+/m0/s1. The number of benzene rings is 1. The first-order valence-corrected chi connectivity index (χ1v) is 7.86. The average molecular weight is 299 g/mol. The predicted octanol–water partition coefficient (Wildman–Crippen LogP) is 2.57. The molecule has 1 aromatic carbocycles. The molecule has 114 valence electrons. The molecule has 5 heteroatoms. The number of hydrogen-bond acceptors (Lipinski definition) is 4. The molecule has 0 N–H and O–H groups in total. The molecule has 0 bridgehead atoms. The summed E-state index contributed by atoms with van der Waals surface area (Å²) in [6.45, 7) is 0. The highest BCUT2D eigenvalue weighted by atomic mass is 16.7. The third-order valence-electron chi connectivity index (χ3n) is 5.28. The summed E-state index contributed by atoms with van der Waals surface area (Å²) in [4.78, 5) is 41.8. The topological polar surface area (TPSA) is 63.7 Å². The molecule has 3 aliphatic rings. The average Bonchev–Trinajstić information content (AvgIpc) is 2.74. The zero-order chi connectivity index (χ0) is 15.3. The Bertz CT molecular complexity index is 633. The van der Waals surface area contributed by atoms with E-state index >= 15 is 0 Å². The van der Waals surface area contributed by atoms with Gasteiger partial charge >= 0.3 is 5.97 Å². The van der Waals surface area contributed by atoms with Gasteiger partial charge in [-0.15, -0.1) is 0 Å². The fraction of sp³-hybridized carbons (Fsp3) is 0.471. The Kier molecular flexibility index (Phi) is 3.03. The Labute approximate surface area is 128 Å².